The van der Waals surface area contributed by atoms with Crippen molar-refractivity contribution in [3.05, 3.63) is 47.0 Å². The molecule has 0 bridgehead atoms. The summed E-state index contributed by atoms with van der Waals surface area (Å²) in [7, 11) is 0. The van der Waals surface area contributed by atoms with Crippen LogP contribution in [-0.2, 0) is 0 Å². The van der Waals surface area contributed by atoms with Crippen molar-refractivity contribution in [1.29, 1.82) is 0 Å². The molecule has 1 aromatic heterocycles. The second-order valence-corrected chi connectivity index (χ2v) is 3.67. The lowest BCUT2D eigenvalue weighted by molar-refractivity contribution is 0.0694. The van der Waals surface area contributed by atoms with Gasteiger partial charge in [-0.05, 0) is 12.1 Å². The Kier molecular flexibility index (Phi) is 3.38. The number of aromatic carboxylic acids is 1. The summed E-state index contributed by atoms with van der Waals surface area (Å²) in [5.41, 5.74) is -0.0904. The number of ether oxygens (including phenoxy) is 1. The van der Waals surface area contributed by atoms with E-state index >= 15 is 0 Å². The number of carboxylic acid groups (broad SMARTS) is 1. The van der Waals surface area contributed by atoms with Crippen LogP contribution in [0.2, 0.25) is 5.02 Å². The van der Waals surface area contributed by atoms with Crippen LogP contribution in [0.4, 0.5) is 4.39 Å². The molecular weight excluding hydrogens is 263 g/mol. The average Bonchev–Trinajstić information content (AvgIpc) is 2.32. The topological polar surface area (TPSA) is 72.3 Å². The van der Waals surface area contributed by atoms with E-state index in [9.17, 15) is 9.18 Å². The summed E-state index contributed by atoms with van der Waals surface area (Å²) in [6.45, 7) is 0. The summed E-state index contributed by atoms with van der Waals surface area (Å²) in [6.07, 6.45) is 1.82. The molecule has 1 N–H and O–H groups in total. The Morgan fingerprint density at radius 2 is 2.00 bits per heavy atom. The highest BCUT2D eigenvalue weighted by molar-refractivity contribution is 6.30. The molecule has 0 fully saturated rings. The fourth-order valence-electron chi connectivity index (χ4n) is 1.21. The first-order valence-corrected chi connectivity index (χ1v) is 5.12. The minimum atomic E-state index is -1.18. The first-order chi connectivity index (χ1) is 8.56. The first kappa shape index (κ1) is 12.3. The number of aromatic nitrogens is 2. The molecule has 0 saturated heterocycles. The number of benzene rings is 1. The molecule has 0 aliphatic rings. The molecular formula is C11H6ClFN2O3. The van der Waals surface area contributed by atoms with E-state index in [4.69, 9.17) is 21.4 Å². The van der Waals surface area contributed by atoms with Crippen molar-refractivity contribution >= 4 is 17.6 Å². The molecule has 0 aliphatic heterocycles. The Morgan fingerprint density at radius 3 is 2.61 bits per heavy atom. The third-order valence-corrected chi connectivity index (χ3v) is 2.21. The SMILES string of the molecule is O=C(O)c1ccc(Cl)cc1Oc1ncc(F)cn1. The van der Waals surface area contributed by atoms with E-state index in [0.717, 1.165) is 12.4 Å². The summed E-state index contributed by atoms with van der Waals surface area (Å²) >= 11 is 5.74. The molecule has 7 heteroatoms. The summed E-state index contributed by atoms with van der Waals surface area (Å²) in [5.74, 6) is -1.81. The number of hydrogen-bond donors (Lipinski definition) is 1. The van der Waals surface area contributed by atoms with Crippen LogP contribution in [0.3, 0.4) is 0 Å². The average molecular weight is 269 g/mol. The molecule has 0 unspecified atom stereocenters. The highest BCUT2D eigenvalue weighted by atomic mass is 35.5. The summed E-state index contributed by atoms with van der Waals surface area (Å²) in [4.78, 5) is 18.1. The predicted molar refractivity (Wildman–Crippen MR) is 60.5 cm³/mol. The zero-order chi connectivity index (χ0) is 13.1. The van der Waals surface area contributed by atoms with Gasteiger partial charge in [0.1, 0.15) is 11.3 Å². The molecule has 18 heavy (non-hydrogen) atoms. The first-order valence-electron chi connectivity index (χ1n) is 4.74. The molecule has 2 aromatic rings. The summed E-state index contributed by atoms with van der Waals surface area (Å²) in [6, 6.07) is 3.87. The molecule has 92 valence electrons. The van der Waals surface area contributed by atoms with Gasteiger partial charge in [0.25, 0.3) is 0 Å². The van der Waals surface area contributed by atoms with Gasteiger partial charge < -0.3 is 9.84 Å². The minimum absolute atomic E-state index is 0.0124. The molecule has 0 atom stereocenters. The quantitative estimate of drug-likeness (QED) is 0.927. The van der Waals surface area contributed by atoms with E-state index < -0.39 is 11.8 Å². The van der Waals surface area contributed by atoms with Crippen molar-refractivity contribution in [2.45, 2.75) is 0 Å². The minimum Gasteiger partial charge on any atom is -0.478 e. The molecule has 0 amide bonds. The Labute approximate surface area is 106 Å². The smallest absolute Gasteiger partial charge is 0.339 e. The van der Waals surface area contributed by atoms with Crippen LogP contribution in [0.5, 0.6) is 11.8 Å². The Hall–Kier alpha value is -2.21. The van der Waals surface area contributed by atoms with Crippen molar-refractivity contribution in [1.82, 2.24) is 9.97 Å². The third kappa shape index (κ3) is 2.72. The van der Waals surface area contributed by atoms with Crippen LogP contribution >= 0.6 is 11.6 Å². The highest BCUT2D eigenvalue weighted by Gasteiger charge is 2.13. The predicted octanol–water partition coefficient (Wildman–Crippen LogP) is 2.76. The molecule has 1 heterocycles. The van der Waals surface area contributed by atoms with Gasteiger partial charge in [-0.1, -0.05) is 11.6 Å². The zero-order valence-electron chi connectivity index (χ0n) is 8.80. The van der Waals surface area contributed by atoms with Crippen LogP contribution in [0, 0.1) is 5.82 Å². The van der Waals surface area contributed by atoms with Gasteiger partial charge in [-0.15, -0.1) is 0 Å². The number of nitrogens with zero attached hydrogens (tertiary/aromatic N) is 2. The fourth-order valence-corrected chi connectivity index (χ4v) is 1.37. The van der Waals surface area contributed by atoms with Crippen LogP contribution in [0.15, 0.2) is 30.6 Å². The van der Waals surface area contributed by atoms with Gasteiger partial charge in [-0.3, -0.25) is 0 Å². The number of carbonyl (C=O) groups is 1. The summed E-state index contributed by atoms with van der Waals surface area (Å²) in [5, 5.41) is 9.26. The van der Waals surface area contributed by atoms with Crippen LogP contribution in [-0.4, -0.2) is 21.0 Å². The van der Waals surface area contributed by atoms with Crippen molar-refractivity contribution in [3.63, 3.8) is 0 Å². The maximum absolute atomic E-state index is 12.6. The summed E-state index contributed by atoms with van der Waals surface area (Å²) < 4.78 is 17.8. The molecule has 0 spiro atoms. The second-order valence-electron chi connectivity index (χ2n) is 3.23. The van der Waals surface area contributed by atoms with E-state index in [2.05, 4.69) is 9.97 Å². The van der Waals surface area contributed by atoms with Crippen molar-refractivity contribution in [2.75, 3.05) is 0 Å². The van der Waals surface area contributed by atoms with Gasteiger partial charge in [0.15, 0.2) is 5.82 Å². The largest absolute Gasteiger partial charge is 0.478 e. The molecule has 5 nitrogen and oxygen atoms in total. The highest BCUT2D eigenvalue weighted by Crippen LogP contribution is 2.26. The van der Waals surface area contributed by atoms with Crippen molar-refractivity contribution in [2.24, 2.45) is 0 Å². The van der Waals surface area contributed by atoms with E-state index in [1.54, 1.807) is 0 Å². The Balaban J connectivity index is 2.35. The second kappa shape index (κ2) is 4.97. The van der Waals surface area contributed by atoms with E-state index in [1.807, 2.05) is 0 Å². The number of halogens is 2. The number of rotatable bonds is 3. The van der Waals surface area contributed by atoms with E-state index in [-0.39, 0.29) is 17.3 Å². The van der Waals surface area contributed by atoms with Crippen molar-refractivity contribution < 1.29 is 19.0 Å². The molecule has 0 radical (unpaired) electrons. The third-order valence-electron chi connectivity index (χ3n) is 1.97. The van der Waals surface area contributed by atoms with Gasteiger partial charge in [0, 0.05) is 11.1 Å². The zero-order valence-corrected chi connectivity index (χ0v) is 9.56. The molecule has 0 saturated carbocycles. The van der Waals surface area contributed by atoms with E-state index in [1.165, 1.54) is 18.2 Å². The van der Waals surface area contributed by atoms with Crippen LogP contribution in [0.25, 0.3) is 0 Å². The van der Waals surface area contributed by atoms with E-state index in [0.29, 0.717) is 5.02 Å². The lowest BCUT2D eigenvalue weighted by atomic mass is 10.2. The number of carboxylic acids is 1. The van der Waals surface area contributed by atoms with Gasteiger partial charge in [-0.25, -0.2) is 19.2 Å². The van der Waals surface area contributed by atoms with Crippen LogP contribution in [0.1, 0.15) is 10.4 Å². The van der Waals surface area contributed by atoms with Gasteiger partial charge in [0.2, 0.25) is 0 Å². The molecule has 1 aromatic carbocycles. The van der Waals surface area contributed by atoms with Gasteiger partial charge in [0.05, 0.1) is 12.4 Å². The monoisotopic (exact) mass is 268 g/mol. The van der Waals surface area contributed by atoms with Crippen molar-refractivity contribution in [3.8, 4) is 11.8 Å². The standard InChI is InChI=1S/C11H6ClFN2O3/c12-6-1-2-8(10(16)17)9(3-6)18-11-14-4-7(13)5-15-11/h1-5H,(H,16,17). The maximum atomic E-state index is 12.6. The fraction of sp³-hybridized carbons (Fsp3) is 0. The Bertz CT molecular complexity index is 589. The van der Waals surface area contributed by atoms with Crippen LogP contribution < -0.4 is 4.74 Å². The number of hydrogen-bond acceptors (Lipinski definition) is 4. The maximum Gasteiger partial charge on any atom is 0.339 e. The Morgan fingerprint density at radius 1 is 1.33 bits per heavy atom. The normalized spacial score (nSPS) is 10.1. The van der Waals surface area contributed by atoms with Gasteiger partial charge in [-0.2, -0.15) is 0 Å². The lowest BCUT2D eigenvalue weighted by Gasteiger charge is -2.07. The molecule has 0 aliphatic carbocycles. The molecule has 2 rings (SSSR count). The lowest BCUT2D eigenvalue weighted by Crippen LogP contribution is -2.01. The van der Waals surface area contributed by atoms with Gasteiger partial charge >= 0.3 is 12.0 Å².